The van der Waals surface area contributed by atoms with Crippen LogP contribution in [0.5, 0.6) is 0 Å². The fraction of sp³-hybridized carbons (Fsp3) is 0.659. The molecule has 2 rings (SSSR count). The van der Waals surface area contributed by atoms with Crippen molar-refractivity contribution in [2.75, 3.05) is 21.3 Å². The lowest BCUT2D eigenvalue weighted by atomic mass is 9.91. The minimum atomic E-state index is -1.23. The Kier molecular flexibility index (Phi) is 22.0. The van der Waals surface area contributed by atoms with Gasteiger partial charge in [-0.3, -0.25) is 0 Å². The molecule has 12 nitrogen and oxygen atoms in total. The predicted octanol–water partition coefficient (Wildman–Crippen LogP) is 4.59. The summed E-state index contributed by atoms with van der Waals surface area (Å²) >= 11 is 0. The molecule has 0 saturated carbocycles. The third-order valence-electron chi connectivity index (χ3n) is 10.5. The van der Waals surface area contributed by atoms with Gasteiger partial charge in [-0.2, -0.15) is 0 Å². The van der Waals surface area contributed by atoms with E-state index in [0.717, 1.165) is 36.5 Å². The first-order chi connectivity index (χ1) is 26.5. The normalized spacial score (nSPS) is 39.2. The van der Waals surface area contributed by atoms with Crippen molar-refractivity contribution in [3.8, 4) is 0 Å². The molecule has 1 saturated heterocycles. The van der Waals surface area contributed by atoms with Crippen molar-refractivity contribution in [2.45, 2.75) is 153 Å². The Bertz CT molecular complexity index is 1380. The Labute approximate surface area is 334 Å². The van der Waals surface area contributed by atoms with Gasteiger partial charge in [-0.15, -0.1) is 0 Å². The second-order valence-electron chi connectivity index (χ2n) is 15.3. The molecule has 0 aromatic rings. The number of cyclic esters (lactones) is 1. The summed E-state index contributed by atoms with van der Waals surface area (Å²) in [5.74, 6) is -1.02. The van der Waals surface area contributed by atoms with Crippen LogP contribution in [-0.4, -0.2) is 131 Å². The van der Waals surface area contributed by atoms with E-state index in [1.54, 1.807) is 51.3 Å². The smallest absolute Gasteiger partial charge is 0.331 e. The summed E-state index contributed by atoms with van der Waals surface area (Å²) in [6, 6.07) is 0. The van der Waals surface area contributed by atoms with E-state index < -0.39 is 84.6 Å². The SMILES string of the molecule is CCC[C@H](O)[C@@H](OC)C1OC1(C)[C@@H](O)C/C=C/[C@@H]1OC(=O)/C=C/C=C/[C@@H](O)[C@H](O)/C=C/C(C)=C/C(C)CCC[C@@H](OC)[C@H](O)/C=C/C(C)=C/[C@@H](C)[C@H](O)[C@H]1OC. The third kappa shape index (κ3) is 15.9. The summed E-state index contributed by atoms with van der Waals surface area (Å²) in [5.41, 5.74) is 0.738. The topological polar surface area (TPSA) is 188 Å². The molecule has 14 atom stereocenters. The van der Waals surface area contributed by atoms with Gasteiger partial charge >= 0.3 is 5.97 Å². The molecule has 6 N–H and O–H groups in total. The lowest BCUT2D eigenvalue weighted by Gasteiger charge is -2.30. The lowest BCUT2D eigenvalue weighted by molar-refractivity contribution is -0.152. The van der Waals surface area contributed by atoms with Gasteiger partial charge in [0.25, 0.3) is 0 Å². The van der Waals surface area contributed by atoms with Crippen LogP contribution in [0.4, 0.5) is 0 Å². The molecule has 0 aliphatic carbocycles. The first kappa shape index (κ1) is 49.4. The van der Waals surface area contributed by atoms with Gasteiger partial charge in [0.1, 0.15) is 42.2 Å². The zero-order valence-corrected chi connectivity index (χ0v) is 34.8. The molecule has 318 valence electrons. The van der Waals surface area contributed by atoms with Gasteiger partial charge in [0.15, 0.2) is 0 Å². The maximum atomic E-state index is 13.1. The first-order valence-electron chi connectivity index (χ1n) is 19.8. The van der Waals surface area contributed by atoms with Crippen molar-refractivity contribution in [3.05, 3.63) is 84.1 Å². The standard InChI is InChI=1S/C44H70O12/c1-10-15-35(48)41(53-8)43-44(6,56-43)38(49)20-14-19-37-42(54-9)40(51)31(5)27-30(4)23-25-34(47)36(52-7)18-13-16-28(2)26-29(3)22-24-33(46)32(45)17-11-12-21-39(50)55-37/h11-12,14,17,19,21-28,31-38,40-43,45-49,51H,10,13,15-16,18,20H2,1-9H3/b17-11+,19-14+,21-12+,24-22+,25-23+,29-26+,30-27+/t28?,31-,32-,33-,34-,35+,36-,37+,38+,40+,41-,42+,43?,44?/m1/s1. The van der Waals surface area contributed by atoms with Crippen LogP contribution in [0.15, 0.2) is 84.1 Å². The van der Waals surface area contributed by atoms with E-state index >= 15 is 0 Å². The zero-order chi connectivity index (χ0) is 42.0. The summed E-state index contributed by atoms with van der Waals surface area (Å²) < 4.78 is 28.5. The molecule has 0 amide bonds. The number of aliphatic hydroxyl groups is 6. The maximum absolute atomic E-state index is 13.1. The molecule has 2 heterocycles. The van der Waals surface area contributed by atoms with Crippen molar-refractivity contribution >= 4 is 5.97 Å². The quantitative estimate of drug-likeness (QED) is 0.0973. The summed E-state index contributed by atoms with van der Waals surface area (Å²) in [6.07, 6.45) is 12.9. The van der Waals surface area contributed by atoms with Crippen molar-refractivity contribution in [3.63, 3.8) is 0 Å². The van der Waals surface area contributed by atoms with Crippen molar-refractivity contribution in [2.24, 2.45) is 11.8 Å². The summed E-state index contributed by atoms with van der Waals surface area (Å²) in [6.45, 7) is 11.4. The molecule has 3 unspecified atom stereocenters. The van der Waals surface area contributed by atoms with Crippen molar-refractivity contribution < 1.29 is 59.1 Å². The highest BCUT2D eigenvalue weighted by molar-refractivity contribution is 5.82. The van der Waals surface area contributed by atoms with E-state index in [0.29, 0.717) is 12.8 Å². The predicted molar refractivity (Wildman–Crippen MR) is 217 cm³/mol. The Hall–Kier alpha value is -2.75. The molecule has 0 aromatic heterocycles. The zero-order valence-electron chi connectivity index (χ0n) is 34.8. The number of hydrogen-bond acceptors (Lipinski definition) is 12. The van der Waals surface area contributed by atoms with Crippen LogP contribution in [0.2, 0.25) is 0 Å². The highest BCUT2D eigenvalue weighted by atomic mass is 16.6. The number of rotatable bonds is 11. The molecule has 2 aliphatic rings. The van der Waals surface area contributed by atoms with E-state index in [4.69, 9.17) is 23.7 Å². The molecule has 2 aliphatic heterocycles. The molecule has 0 radical (unpaired) electrons. The van der Waals surface area contributed by atoms with Gasteiger partial charge in [-0.1, -0.05) is 106 Å². The van der Waals surface area contributed by atoms with Crippen LogP contribution in [0, 0.1) is 11.8 Å². The number of methoxy groups -OCH3 is 3. The number of aliphatic hydroxyl groups excluding tert-OH is 6. The van der Waals surface area contributed by atoms with Gasteiger partial charge in [-0.05, 0) is 58.4 Å². The van der Waals surface area contributed by atoms with Crippen LogP contribution in [0.1, 0.15) is 80.1 Å². The van der Waals surface area contributed by atoms with Gasteiger partial charge in [0.05, 0.1) is 30.5 Å². The second kappa shape index (κ2) is 24.9. The molecule has 0 aromatic carbocycles. The van der Waals surface area contributed by atoms with Gasteiger partial charge in [0, 0.05) is 33.3 Å². The highest BCUT2D eigenvalue weighted by Crippen LogP contribution is 2.44. The number of hydrogen-bond donors (Lipinski definition) is 6. The monoisotopic (exact) mass is 790 g/mol. The van der Waals surface area contributed by atoms with Crippen LogP contribution in [0.3, 0.4) is 0 Å². The van der Waals surface area contributed by atoms with E-state index in [9.17, 15) is 35.4 Å². The maximum Gasteiger partial charge on any atom is 0.331 e. The van der Waals surface area contributed by atoms with Gasteiger partial charge < -0.3 is 54.3 Å². The van der Waals surface area contributed by atoms with E-state index in [1.807, 2.05) is 26.8 Å². The largest absolute Gasteiger partial charge is 0.452 e. The number of ether oxygens (including phenoxy) is 5. The van der Waals surface area contributed by atoms with Crippen molar-refractivity contribution in [1.29, 1.82) is 0 Å². The number of esters is 1. The van der Waals surface area contributed by atoms with Crippen LogP contribution < -0.4 is 0 Å². The molecule has 56 heavy (non-hydrogen) atoms. The minimum Gasteiger partial charge on any atom is -0.452 e. The van der Waals surface area contributed by atoms with Crippen molar-refractivity contribution in [1.82, 2.24) is 0 Å². The van der Waals surface area contributed by atoms with E-state index in [1.165, 1.54) is 38.5 Å². The van der Waals surface area contributed by atoms with Crippen LogP contribution >= 0.6 is 0 Å². The summed E-state index contributed by atoms with van der Waals surface area (Å²) in [5, 5.41) is 65.0. The number of allylic oxidation sites excluding steroid dienone is 7. The Morgan fingerprint density at radius 3 is 2.16 bits per heavy atom. The molecular weight excluding hydrogens is 720 g/mol. The molecule has 1 fully saturated rings. The number of carbonyl (C=O) groups is 1. The molecule has 0 bridgehead atoms. The van der Waals surface area contributed by atoms with Gasteiger partial charge in [0.2, 0.25) is 0 Å². The van der Waals surface area contributed by atoms with Crippen LogP contribution in [0.25, 0.3) is 0 Å². The fourth-order valence-corrected chi connectivity index (χ4v) is 6.97. The lowest BCUT2D eigenvalue weighted by Crippen LogP contribution is -2.43. The Balaban J connectivity index is 2.39. The molecule has 12 heteroatoms. The number of carbonyl (C=O) groups excluding carboxylic acids is 1. The van der Waals surface area contributed by atoms with Gasteiger partial charge in [-0.25, -0.2) is 4.79 Å². The summed E-state index contributed by atoms with van der Waals surface area (Å²) in [4.78, 5) is 13.1. The highest BCUT2D eigenvalue weighted by Gasteiger charge is 2.61. The number of epoxide rings is 1. The Morgan fingerprint density at radius 1 is 0.893 bits per heavy atom. The molecule has 0 spiro atoms. The first-order valence-corrected chi connectivity index (χ1v) is 19.8. The second-order valence-corrected chi connectivity index (χ2v) is 15.3. The minimum absolute atomic E-state index is 0.0968. The van der Waals surface area contributed by atoms with Crippen LogP contribution in [-0.2, 0) is 28.5 Å². The summed E-state index contributed by atoms with van der Waals surface area (Å²) in [7, 11) is 4.47. The van der Waals surface area contributed by atoms with E-state index in [2.05, 4.69) is 13.0 Å². The average molecular weight is 791 g/mol. The molecular formula is C44H70O12. The average Bonchev–Trinajstić information content (AvgIpc) is 3.84. The Morgan fingerprint density at radius 2 is 1.54 bits per heavy atom. The third-order valence-corrected chi connectivity index (χ3v) is 10.5. The fourth-order valence-electron chi connectivity index (χ4n) is 6.97. The van der Waals surface area contributed by atoms with E-state index in [-0.39, 0.29) is 12.3 Å².